The van der Waals surface area contributed by atoms with Gasteiger partial charge in [-0.25, -0.2) is 0 Å². The molecule has 3 rings (SSSR count). The number of nitrogens with one attached hydrogen (secondary N) is 1. The topological polar surface area (TPSA) is 34.0 Å². The maximum Gasteiger partial charge on any atom is 0.255 e. The van der Waals surface area contributed by atoms with Gasteiger partial charge in [0.15, 0.2) is 0 Å². The Morgan fingerprint density at radius 3 is 2.50 bits per heavy atom. The van der Waals surface area contributed by atoms with E-state index >= 15 is 0 Å². The van der Waals surface area contributed by atoms with Crippen LogP contribution < -0.4 is 10.9 Å². The van der Waals surface area contributed by atoms with Gasteiger partial charge < -0.3 is 9.88 Å². The molecule has 1 aliphatic rings. The molecule has 1 saturated carbocycles. The van der Waals surface area contributed by atoms with Crippen LogP contribution in [0.2, 0.25) is 0 Å². The second kappa shape index (κ2) is 6.93. The highest BCUT2D eigenvalue weighted by Crippen LogP contribution is 2.19. The van der Waals surface area contributed by atoms with E-state index in [2.05, 4.69) is 23.5 Å². The van der Waals surface area contributed by atoms with Crippen molar-refractivity contribution in [2.45, 2.75) is 51.7 Å². The summed E-state index contributed by atoms with van der Waals surface area (Å²) in [6.45, 7) is 3.40. The first kappa shape index (κ1) is 15.0. The number of hydrogen-bond acceptors (Lipinski definition) is 2. The van der Waals surface area contributed by atoms with Crippen LogP contribution >= 0.6 is 0 Å². The Hall–Kier alpha value is -1.87. The maximum atomic E-state index is 12.7. The summed E-state index contributed by atoms with van der Waals surface area (Å²) in [5.74, 6) is 0. The van der Waals surface area contributed by atoms with E-state index in [1.54, 1.807) is 0 Å². The molecule has 3 nitrogen and oxygen atoms in total. The molecular formula is C19H24N2O. The molecule has 1 aromatic heterocycles. The van der Waals surface area contributed by atoms with E-state index in [-0.39, 0.29) is 5.56 Å². The summed E-state index contributed by atoms with van der Waals surface area (Å²) in [5, 5.41) is 3.54. The number of pyridine rings is 1. The normalized spacial score (nSPS) is 15.3. The van der Waals surface area contributed by atoms with Crippen molar-refractivity contribution in [3.05, 3.63) is 58.4 Å². The Balaban J connectivity index is 1.86. The smallest absolute Gasteiger partial charge is 0.255 e. The molecule has 22 heavy (non-hydrogen) atoms. The molecule has 0 amide bonds. The van der Waals surface area contributed by atoms with Gasteiger partial charge in [0.2, 0.25) is 0 Å². The largest absolute Gasteiger partial charge is 0.310 e. The zero-order valence-electron chi connectivity index (χ0n) is 13.2. The van der Waals surface area contributed by atoms with Gasteiger partial charge in [-0.3, -0.25) is 4.79 Å². The summed E-state index contributed by atoms with van der Waals surface area (Å²) in [6.07, 6.45) is 5.10. The van der Waals surface area contributed by atoms with Crippen molar-refractivity contribution in [2.75, 3.05) is 0 Å². The quantitative estimate of drug-likeness (QED) is 0.915. The lowest BCUT2D eigenvalue weighted by Crippen LogP contribution is -2.31. The summed E-state index contributed by atoms with van der Waals surface area (Å²) in [5.41, 5.74) is 3.09. The molecule has 116 valence electrons. The van der Waals surface area contributed by atoms with Gasteiger partial charge in [0.1, 0.15) is 0 Å². The highest BCUT2D eigenvalue weighted by Gasteiger charge is 2.15. The standard InChI is InChI=1S/C19H24N2O/c1-2-21-18(15-8-4-3-5-9-15)13-12-16(19(21)22)14-20-17-10-6-7-11-17/h3-5,8-9,12-13,17,20H,2,6-7,10-11,14H2,1H3. The Bertz CT molecular complexity index is 670. The van der Waals surface area contributed by atoms with Gasteiger partial charge in [0.25, 0.3) is 5.56 Å². The van der Waals surface area contributed by atoms with Crippen molar-refractivity contribution < 1.29 is 0 Å². The molecule has 1 fully saturated rings. The van der Waals surface area contributed by atoms with Gasteiger partial charge in [0, 0.05) is 24.7 Å². The van der Waals surface area contributed by atoms with Gasteiger partial charge in [-0.2, -0.15) is 0 Å². The third-order valence-electron chi connectivity index (χ3n) is 4.58. The SMILES string of the molecule is CCn1c(-c2ccccc2)ccc(CNC2CCCC2)c1=O. The van der Waals surface area contributed by atoms with E-state index in [4.69, 9.17) is 0 Å². The predicted octanol–water partition coefficient (Wildman–Crippen LogP) is 3.57. The maximum absolute atomic E-state index is 12.7. The third-order valence-corrected chi connectivity index (χ3v) is 4.58. The van der Waals surface area contributed by atoms with Crippen LogP contribution in [-0.2, 0) is 13.1 Å². The van der Waals surface area contributed by atoms with Crippen LogP contribution in [0.5, 0.6) is 0 Å². The molecule has 0 radical (unpaired) electrons. The fraction of sp³-hybridized carbons (Fsp3) is 0.421. The van der Waals surface area contributed by atoms with E-state index in [0.29, 0.717) is 19.1 Å². The fourth-order valence-corrected chi connectivity index (χ4v) is 3.32. The molecule has 0 spiro atoms. The average molecular weight is 296 g/mol. The van der Waals surface area contributed by atoms with E-state index < -0.39 is 0 Å². The van der Waals surface area contributed by atoms with Gasteiger partial charge in [-0.05, 0) is 31.4 Å². The van der Waals surface area contributed by atoms with Crippen molar-refractivity contribution in [1.82, 2.24) is 9.88 Å². The Morgan fingerprint density at radius 1 is 1.09 bits per heavy atom. The summed E-state index contributed by atoms with van der Waals surface area (Å²) < 4.78 is 1.88. The summed E-state index contributed by atoms with van der Waals surface area (Å²) in [7, 11) is 0. The Kier molecular flexibility index (Phi) is 4.74. The molecule has 1 N–H and O–H groups in total. The van der Waals surface area contributed by atoms with Crippen LogP contribution in [0.25, 0.3) is 11.3 Å². The van der Waals surface area contributed by atoms with E-state index in [9.17, 15) is 4.79 Å². The van der Waals surface area contributed by atoms with Gasteiger partial charge in [-0.1, -0.05) is 49.2 Å². The molecule has 1 aliphatic carbocycles. The molecule has 0 saturated heterocycles. The molecule has 1 heterocycles. The van der Waals surface area contributed by atoms with Crippen LogP contribution in [0.15, 0.2) is 47.3 Å². The Labute approximate surface area is 132 Å². The Morgan fingerprint density at radius 2 is 1.82 bits per heavy atom. The second-order valence-corrected chi connectivity index (χ2v) is 6.02. The molecular weight excluding hydrogens is 272 g/mol. The highest BCUT2D eigenvalue weighted by atomic mass is 16.1. The molecule has 1 aromatic carbocycles. The molecule has 2 aromatic rings. The average Bonchev–Trinajstić information content (AvgIpc) is 3.07. The lowest BCUT2D eigenvalue weighted by molar-refractivity contribution is 0.520. The molecule has 3 heteroatoms. The first-order valence-electron chi connectivity index (χ1n) is 8.31. The minimum absolute atomic E-state index is 0.134. The van der Waals surface area contributed by atoms with Crippen LogP contribution in [0.3, 0.4) is 0 Å². The number of benzene rings is 1. The van der Waals surface area contributed by atoms with Gasteiger partial charge >= 0.3 is 0 Å². The lowest BCUT2D eigenvalue weighted by Gasteiger charge is -2.15. The summed E-state index contributed by atoms with van der Waals surface area (Å²) in [6, 6.07) is 14.8. The first-order chi connectivity index (χ1) is 10.8. The predicted molar refractivity (Wildman–Crippen MR) is 90.9 cm³/mol. The van der Waals surface area contributed by atoms with E-state index in [1.807, 2.05) is 35.8 Å². The number of nitrogens with zero attached hydrogens (tertiary/aromatic N) is 1. The second-order valence-electron chi connectivity index (χ2n) is 6.02. The molecule has 0 atom stereocenters. The van der Waals surface area contributed by atoms with E-state index in [1.165, 1.54) is 25.7 Å². The highest BCUT2D eigenvalue weighted by molar-refractivity contribution is 5.59. The third kappa shape index (κ3) is 3.14. The zero-order valence-corrected chi connectivity index (χ0v) is 13.2. The monoisotopic (exact) mass is 296 g/mol. The summed E-state index contributed by atoms with van der Waals surface area (Å²) in [4.78, 5) is 12.7. The van der Waals surface area contributed by atoms with Crippen molar-refractivity contribution in [2.24, 2.45) is 0 Å². The lowest BCUT2D eigenvalue weighted by atomic mass is 10.1. The zero-order chi connectivity index (χ0) is 15.4. The van der Waals surface area contributed by atoms with E-state index in [0.717, 1.165) is 16.8 Å². The number of hydrogen-bond donors (Lipinski definition) is 1. The van der Waals surface area contributed by atoms with Crippen molar-refractivity contribution in [3.8, 4) is 11.3 Å². The van der Waals surface area contributed by atoms with Crippen molar-refractivity contribution in [1.29, 1.82) is 0 Å². The minimum atomic E-state index is 0.134. The first-order valence-corrected chi connectivity index (χ1v) is 8.31. The minimum Gasteiger partial charge on any atom is -0.310 e. The van der Waals surface area contributed by atoms with Crippen LogP contribution in [-0.4, -0.2) is 10.6 Å². The van der Waals surface area contributed by atoms with Crippen molar-refractivity contribution in [3.63, 3.8) is 0 Å². The van der Waals surface area contributed by atoms with Crippen LogP contribution in [0.4, 0.5) is 0 Å². The number of aromatic nitrogens is 1. The van der Waals surface area contributed by atoms with Crippen molar-refractivity contribution >= 4 is 0 Å². The molecule has 0 bridgehead atoms. The fourth-order valence-electron chi connectivity index (χ4n) is 3.32. The van der Waals surface area contributed by atoms with Gasteiger partial charge in [0.05, 0.1) is 5.69 Å². The molecule has 0 unspecified atom stereocenters. The van der Waals surface area contributed by atoms with Crippen LogP contribution in [0.1, 0.15) is 38.2 Å². The van der Waals surface area contributed by atoms with Gasteiger partial charge in [-0.15, -0.1) is 0 Å². The summed E-state index contributed by atoms with van der Waals surface area (Å²) >= 11 is 0. The number of rotatable bonds is 5. The molecule has 0 aliphatic heterocycles. The van der Waals surface area contributed by atoms with Crippen LogP contribution in [0, 0.1) is 0 Å².